The summed E-state index contributed by atoms with van der Waals surface area (Å²) in [7, 11) is 0. The van der Waals surface area contributed by atoms with E-state index in [9.17, 15) is 0 Å². The van der Waals surface area contributed by atoms with Crippen molar-refractivity contribution in [2.75, 3.05) is 19.6 Å². The maximum Gasteiger partial charge on any atom is 0.0165 e. The predicted octanol–water partition coefficient (Wildman–Crippen LogP) is 1.60. The summed E-state index contributed by atoms with van der Waals surface area (Å²) in [5, 5.41) is 0. The SMILES string of the molecule is CCC(N)CN1CCCCCC1. The van der Waals surface area contributed by atoms with Crippen molar-refractivity contribution in [3.8, 4) is 0 Å². The molecule has 0 bridgehead atoms. The quantitative estimate of drug-likeness (QED) is 0.697. The molecule has 2 N–H and O–H groups in total. The van der Waals surface area contributed by atoms with Crippen LogP contribution in [0.5, 0.6) is 0 Å². The van der Waals surface area contributed by atoms with E-state index >= 15 is 0 Å². The van der Waals surface area contributed by atoms with Crippen LogP contribution in [0, 0.1) is 0 Å². The summed E-state index contributed by atoms with van der Waals surface area (Å²) in [6.07, 6.45) is 6.68. The van der Waals surface area contributed by atoms with E-state index in [1.165, 1.54) is 38.8 Å². The van der Waals surface area contributed by atoms with Gasteiger partial charge in [-0.3, -0.25) is 0 Å². The third-order valence-electron chi connectivity index (χ3n) is 2.72. The Hall–Kier alpha value is -0.0800. The molecule has 0 spiro atoms. The topological polar surface area (TPSA) is 29.3 Å². The summed E-state index contributed by atoms with van der Waals surface area (Å²) < 4.78 is 0. The number of rotatable bonds is 3. The van der Waals surface area contributed by atoms with Gasteiger partial charge in [0.15, 0.2) is 0 Å². The van der Waals surface area contributed by atoms with Gasteiger partial charge < -0.3 is 10.6 Å². The second-order valence-electron chi connectivity index (χ2n) is 3.88. The van der Waals surface area contributed by atoms with Crippen molar-refractivity contribution in [1.82, 2.24) is 4.90 Å². The first-order valence-corrected chi connectivity index (χ1v) is 5.31. The van der Waals surface area contributed by atoms with Crippen LogP contribution < -0.4 is 5.73 Å². The van der Waals surface area contributed by atoms with E-state index in [0.29, 0.717) is 6.04 Å². The van der Waals surface area contributed by atoms with Gasteiger partial charge in [-0.2, -0.15) is 0 Å². The number of nitrogens with two attached hydrogens (primary N) is 1. The lowest BCUT2D eigenvalue weighted by Gasteiger charge is -2.22. The summed E-state index contributed by atoms with van der Waals surface area (Å²) in [5.41, 5.74) is 5.91. The minimum absolute atomic E-state index is 0.392. The molecule has 0 aromatic carbocycles. The largest absolute Gasteiger partial charge is 0.327 e. The molecule has 1 saturated heterocycles. The molecule has 2 heteroatoms. The van der Waals surface area contributed by atoms with E-state index in [4.69, 9.17) is 5.73 Å². The van der Waals surface area contributed by atoms with Crippen LogP contribution in [-0.2, 0) is 0 Å². The third kappa shape index (κ3) is 3.55. The maximum atomic E-state index is 5.91. The normalized spacial score (nSPS) is 23.5. The molecule has 0 saturated carbocycles. The number of likely N-dealkylation sites (tertiary alicyclic amines) is 1. The van der Waals surface area contributed by atoms with Crippen molar-refractivity contribution in [2.45, 2.75) is 45.1 Å². The van der Waals surface area contributed by atoms with E-state index in [1.807, 2.05) is 0 Å². The van der Waals surface area contributed by atoms with Gasteiger partial charge in [0.2, 0.25) is 0 Å². The Bertz CT molecular complexity index is 106. The summed E-state index contributed by atoms with van der Waals surface area (Å²) in [6, 6.07) is 0.392. The Balaban J connectivity index is 2.20. The summed E-state index contributed by atoms with van der Waals surface area (Å²) >= 11 is 0. The molecule has 1 heterocycles. The molecular weight excluding hydrogens is 148 g/mol. The van der Waals surface area contributed by atoms with Crippen molar-refractivity contribution < 1.29 is 0 Å². The molecule has 72 valence electrons. The lowest BCUT2D eigenvalue weighted by atomic mass is 10.2. The van der Waals surface area contributed by atoms with Crippen LogP contribution in [0.15, 0.2) is 0 Å². The summed E-state index contributed by atoms with van der Waals surface area (Å²) in [6.45, 7) is 5.82. The zero-order valence-corrected chi connectivity index (χ0v) is 8.26. The molecule has 1 aliphatic heterocycles. The van der Waals surface area contributed by atoms with Gasteiger partial charge >= 0.3 is 0 Å². The molecule has 1 unspecified atom stereocenters. The fourth-order valence-corrected chi connectivity index (χ4v) is 1.78. The molecule has 1 fully saturated rings. The zero-order valence-electron chi connectivity index (χ0n) is 8.26. The van der Waals surface area contributed by atoms with E-state index in [-0.39, 0.29) is 0 Å². The van der Waals surface area contributed by atoms with Gasteiger partial charge in [0.1, 0.15) is 0 Å². The van der Waals surface area contributed by atoms with Crippen molar-refractivity contribution in [1.29, 1.82) is 0 Å². The third-order valence-corrected chi connectivity index (χ3v) is 2.72. The minimum Gasteiger partial charge on any atom is -0.327 e. The Morgan fingerprint density at radius 3 is 2.25 bits per heavy atom. The second kappa shape index (κ2) is 5.55. The van der Waals surface area contributed by atoms with Crippen molar-refractivity contribution in [3.63, 3.8) is 0 Å². The highest BCUT2D eigenvalue weighted by molar-refractivity contribution is 4.69. The Morgan fingerprint density at radius 1 is 1.17 bits per heavy atom. The average Bonchev–Trinajstić information content (AvgIpc) is 2.33. The molecule has 12 heavy (non-hydrogen) atoms. The number of nitrogens with zero attached hydrogens (tertiary/aromatic N) is 1. The van der Waals surface area contributed by atoms with Crippen molar-refractivity contribution in [2.24, 2.45) is 5.73 Å². The molecule has 0 radical (unpaired) electrons. The van der Waals surface area contributed by atoms with Crippen LogP contribution >= 0.6 is 0 Å². The highest BCUT2D eigenvalue weighted by Gasteiger charge is 2.10. The van der Waals surface area contributed by atoms with Gasteiger partial charge in [0.05, 0.1) is 0 Å². The molecule has 1 aliphatic rings. The first-order chi connectivity index (χ1) is 5.83. The molecule has 0 aromatic rings. The standard InChI is InChI=1S/C10H22N2/c1-2-10(11)9-12-7-5-3-4-6-8-12/h10H,2-9,11H2,1H3. The van der Waals surface area contributed by atoms with Crippen LogP contribution in [0.1, 0.15) is 39.0 Å². The van der Waals surface area contributed by atoms with Crippen LogP contribution in [-0.4, -0.2) is 30.6 Å². The van der Waals surface area contributed by atoms with Crippen molar-refractivity contribution >= 4 is 0 Å². The van der Waals surface area contributed by atoms with Gasteiger partial charge in [-0.05, 0) is 32.4 Å². The van der Waals surface area contributed by atoms with Crippen LogP contribution in [0.25, 0.3) is 0 Å². The van der Waals surface area contributed by atoms with Gasteiger partial charge in [0.25, 0.3) is 0 Å². The van der Waals surface area contributed by atoms with Gasteiger partial charge in [0, 0.05) is 12.6 Å². The zero-order chi connectivity index (χ0) is 8.81. The van der Waals surface area contributed by atoms with Crippen LogP contribution in [0.4, 0.5) is 0 Å². The summed E-state index contributed by atoms with van der Waals surface area (Å²) in [5.74, 6) is 0. The highest BCUT2D eigenvalue weighted by atomic mass is 15.1. The Morgan fingerprint density at radius 2 is 1.75 bits per heavy atom. The van der Waals surface area contributed by atoms with Gasteiger partial charge in [-0.15, -0.1) is 0 Å². The average molecular weight is 170 g/mol. The fourth-order valence-electron chi connectivity index (χ4n) is 1.78. The van der Waals surface area contributed by atoms with E-state index in [1.54, 1.807) is 0 Å². The fraction of sp³-hybridized carbons (Fsp3) is 1.00. The van der Waals surface area contributed by atoms with E-state index in [0.717, 1.165) is 13.0 Å². The van der Waals surface area contributed by atoms with E-state index < -0.39 is 0 Å². The molecular formula is C10H22N2. The number of hydrogen-bond acceptors (Lipinski definition) is 2. The van der Waals surface area contributed by atoms with Gasteiger partial charge in [-0.25, -0.2) is 0 Å². The molecule has 2 nitrogen and oxygen atoms in total. The Labute approximate surface area is 76.1 Å². The maximum absolute atomic E-state index is 5.91. The summed E-state index contributed by atoms with van der Waals surface area (Å²) in [4.78, 5) is 2.53. The molecule has 1 rings (SSSR count). The molecule has 1 atom stereocenters. The molecule has 0 aromatic heterocycles. The lowest BCUT2D eigenvalue weighted by Crippen LogP contribution is -2.37. The lowest BCUT2D eigenvalue weighted by molar-refractivity contribution is 0.264. The molecule has 0 aliphatic carbocycles. The Kier molecular flexibility index (Phi) is 4.62. The first-order valence-electron chi connectivity index (χ1n) is 5.31. The highest BCUT2D eigenvalue weighted by Crippen LogP contribution is 2.09. The van der Waals surface area contributed by atoms with Crippen LogP contribution in [0.2, 0.25) is 0 Å². The number of hydrogen-bond donors (Lipinski definition) is 1. The predicted molar refractivity (Wildman–Crippen MR) is 53.2 cm³/mol. The van der Waals surface area contributed by atoms with E-state index in [2.05, 4.69) is 11.8 Å². The smallest absolute Gasteiger partial charge is 0.0165 e. The first kappa shape index (κ1) is 10.0. The van der Waals surface area contributed by atoms with Gasteiger partial charge in [-0.1, -0.05) is 19.8 Å². The van der Waals surface area contributed by atoms with Crippen molar-refractivity contribution in [3.05, 3.63) is 0 Å². The van der Waals surface area contributed by atoms with Crippen LogP contribution in [0.3, 0.4) is 0 Å². The monoisotopic (exact) mass is 170 g/mol. The molecule has 0 amide bonds. The second-order valence-corrected chi connectivity index (χ2v) is 3.88. The minimum atomic E-state index is 0.392.